The second kappa shape index (κ2) is 9.29. The standard InChI is InChI=1S/C20H15ClN4O4S/c1-13(26)24(16-5-3-2-4-6-16)20-23-15(12-30-20)8-10-19(27)22-14-7-9-17(21)18(11-14)25(28)29/h2-12H,1H3,(H,22,27)/b10-8+. The second-order valence-electron chi connectivity index (χ2n) is 5.99. The smallest absolute Gasteiger partial charge is 0.289 e. The van der Waals surface area contributed by atoms with Gasteiger partial charge in [0.05, 0.1) is 16.3 Å². The molecule has 0 saturated carbocycles. The predicted molar refractivity (Wildman–Crippen MR) is 117 cm³/mol. The summed E-state index contributed by atoms with van der Waals surface area (Å²) in [6.45, 7) is 1.45. The van der Waals surface area contributed by atoms with Gasteiger partial charge < -0.3 is 5.32 Å². The Kier molecular flexibility index (Phi) is 6.55. The highest BCUT2D eigenvalue weighted by atomic mass is 35.5. The summed E-state index contributed by atoms with van der Waals surface area (Å²) in [7, 11) is 0. The first kappa shape index (κ1) is 21.2. The summed E-state index contributed by atoms with van der Waals surface area (Å²) < 4.78 is 0. The number of anilines is 3. The summed E-state index contributed by atoms with van der Waals surface area (Å²) in [5, 5.41) is 15.6. The van der Waals surface area contributed by atoms with Crippen molar-refractivity contribution in [1.29, 1.82) is 0 Å². The first-order chi connectivity index (χ1) is 14.3. The van der Waals surface area contributed by atoms with Gasteiger partial charge in [-0.1, -0.05) is 29.8 Å². The van der Waals surface area contributed by atoms with E-state index in [1.54, 1.807) is 17.5 Å². The van der Waals surface area contributed by atoms with E-state index in [4.69, 9.17) is 11.6 Å². The topological polar surface area (TPSA) is 105 Å². The third-order valence-corrected chi connectivity index (χ3v) is 5.01. The number of carbonyl (C=O) groups excluding carboxylic acids is 2. The van der Waals surface area contributed by atoms with Gasteiger partial charge in [-0.3, -0.25) is 24.6 Å². The van der Waals surface area contributed by atoms with Gasteiger partial charge >= 0.3 is 0 Å². The molecule has 0 bridgehead atoms. The molecule has 0 unspecified atom stereocenters. The Morgan fingerprint density at radius 1 is 1.23 bits per heavy atom. The van der Waals surface area contributed by atoms with Crippen LogP contribution >= 0.6 is 22.9 Å². The van der Waals surface area contributed by atoms with Gasteiger partial charge in [0.2, 0.25) is 11.8 Å². The van der Waals surface area contributed by atoms with E-state index in [0.29, 0.717) is 16.5 Å². The number of hydrogen-bond donors (Lipinski definition) is 1. The van der Waals surface area contributed by atoms with Crippen LogP contribution in [-0.4, -0.2) is 21.7 Å². The lowest BCUT2D eigenvalue weighted by Gasteiger charge is -2.17. The fraction of sp³-hybridized carbons (Fsp3) is 0.0500. The lowest BCUT2D eigenvalue weighted by Crippen LogP contribution is -2.22. The van der Waals surface area contributed by atoms with Crippen molar-refractivity contribution in [3.8, 4) is 0 Å². The maximum atomic E-state index is 12.1. The number of rotatable bonds is 6. The minimum absolute atomic E-state index is 0.0167. The van der Waals surface area contributed by atoms with Crippen molar-refractivity contribution in [3.05, 3.63) is 80.8 Å². The van der Waals surface area contributed by atoms with Crippen LogP contribution in [0.1, 0.15) is 12.6 Å². The number of halogens is 1. The van der Waals surface area contributed by atoms with E-state index in [1.807, 2.05) is 18.2 Å². The van der Waals surface area contributed by atoms with Gasteiger partial charge in [-0.05, 0) is 30.3 Å². The van der Waals surface area contributed by atoms with Gasteiger partial charge in [-0.15, -0.1) is 11.3 Å². The third kappa shape index (κ3) is 5.07. The lowest BCUT2D eigenvalue weighted by molar-refractivity contribution is -0.384. The van der Waals surface area contributed by atoms with Gasteiger partial charge in [-0.25, -0.2) is 4.98 Å². The molecule has 0 saturated heterocycles. The molecule has 0 spiro atoms. The summed E-state index contributed by atoms with van der Waals surface area (Å²) >= 11 is 7.02. The molecule has 1 heterocycles. The lowest BCUT2D eigenvalue weighted by atomic mass is 10.2. The highest BCUT2D eigenvalue weighted by molar-refractivity contribution is 7.14. The van der Waals surface area contributed by atoms with Gasteiger partial charge in [0.1, 0.15) is 5.02 Å². The monoisotopic (exact) mass is 442 g/mol. The van der Waals surface area contributed by atoms with Crippen molar-refractivity contribution in [3.63, 3.8) is 0 Å². The number of nitro benzene ring substituents is 1. The second-order valence-corrected chi connectivity index (χ2v) is 7.23. The van der Waals surface area contributed by atoms with Gasteiger partial charge in [0, 0.05) is 30.1 Å². The highest BCUT2D eigenvalue weighted by Crippen LogP contribution is 2.29. The summed E-state index contributed by atoms with van der Waals surface area (Å²) in [4.78, 5) is 40.4. The van der Waals surface area contributed by atoms with Crippen LogP contribution in [0, 0.1) is 10.1 Å². The molecule has 3 rings (SSSR count). The Morgan fingerprint density at radius 3 is 2.63 bits per heavy atom. The summed E-state index contributed by atoms with van der Waals surface area (Å²) in [6, 6.07) is 13.1. The van der Waals surface area contributed by atoms with Crippen LogP contribution in [-0.2, 0) is 9.59 Å². The number of benzene rings is 2. The molecular weight excluding hydrogens is 428 g/mol. The van der Waals surface area contributed by atoms with Gasteiger partial charge in [0.25, 0.3) is 5.69 Å². The third-order valence-electron chi connectivity index (χ3n) is 3.85. The van der Waals surface area contributed by atoms with Crippen molar-refractivity contribution < 1.29 is 14.5 Å². The molecule has 30 heavy (non-hydrogen) atoms. The van der Waals surface area contributed by atoms with E-state index in [2.05, 4.69) is 10.3 Å². The molecule has 0 atom stereocenters. The van der Waals surface area contributed by atoms with Crippen LogP contribution in [0.25, 0.3) is 6.08 Å². The number of nitro groups is 1. The number of amides is 2. The summed E-state index contributed by atoms with van der Waals surface area (Å²) in [5.41, 5.74) is 1.13. The zero-order valence-electron chi connectivity index (χ0n) is 15.6. The molecule has 0 fully saturated rings. The van der Waals surface area contributed by atoms with Crippen molar-refractivity contribution in [1.82, 2.24) is 4.98 Å². The number of para-hydroxylation sites is 1. The Balaban J connectivity index is 1.72. The first-order valence-corrected chi connectivity index (χ1v) is 9.85. The van der Waals surface area contributed by atoms with E-state index in [9.17, 15) is 19.7 Å². The molecule has 0 radical (unpaired) electrons. The fourth-order valence-corrected chi connectivity index (χ4v) is 3.58. The first-order valence-electron chi connectivity index (χ1n) is 8.59. The van der Waals surface area contributed by atoms with Gasteiger partial charge in [0.15, 0.2) is 5.13 Å². The Morgan fingerprint density at radius 2 is 1.97 bits per heavy atom. The molecule has 3 aromatic rings. The molecule has 0 aliphatic heterocycles. The van der Waals surface area contributed by atoms with Crippen molar-refractivity contribution in [2.24, 2.45) is 0 Å². The number of nitrogens with zero attached hydrogens (tertiary/aromatic N) is 3. The van der Waals surface area contributed by atoms with E-state index < -0.39 is 10.8 Å². The molecule has 2 aromatic carbocycles. The number of aromatic nitrogens is 1. The van der Waals surface area contributed by atoms with E-state index in [-0.39, 0.29) is 22.3 Å². The fourth-order valence-electron chi connectivity index (χ4n) is 2.53. The summed E-state index contributed by atoms with van der Waals surface area (Å²) in [5.74, 6) is -0.680. The minimum Gasteiger partial charge on any atom is -0.322 e. The average molecular weight is 443 g/mol. The van der Waals surface area contributed by atoms with Gasteiger partial charge in [-0.2, -0.15) is 0 Å². The normalized spacial score (nSPS) is 10.7. The quantitative estimate of drug-likeness (QED) is 0.327. The van der Waals surface area contributed by atoms with Crippen LogP contribution in [0.2, 0.25) is 5.02 Å². The molecule has 0 aliphatic rings. The molecule has 1 aromatic heterocycles. The number of carbonyl (C=O) groups is 2. The molecule has 1 N–H and O–H groups in total. The van der Waals surface area contributed by atoms with Crippen LogP contribution < -0.4 is 10.2 Å². The van der Waals surface area contributed by atoms with Crippen LogP contribution in [0.4, 0.5) is 22.2 Å². The number of nitrogens with one attached hydrogen (secondary N) is 1. The van der Waals surface area contributed by atoms with Crippen molar-refractivity contribution in [2.45, 2.75) is 6.92 Å². The highest BCUT2D eigenvalue weighted by Gasteiger charge is 2.17. The van der Waals surface area contributed by atoms with Crippen LogP contribution in [0.5, 0.6) is 0 Å². The maximum Gasteiger partial charge on any atom is 0.289 e. The molecule has 152 valence electrons. The number of thiazole rings is 1. The Bertz CT molecular complexity index is 1130. The largest absolute Gasteiger partial charge is 0.322 e. The summed E-state index contributed by atoms with van der Waals surface area (Å²) in [6.07, 6.45) is 2.74. The van der Waals surface area contributed by atoms with Crippen LogP contribution in [0.15, 0.2) is 60.0 Å². The number of hydrogen-bond acceptors (Lipinski definition) is 6. The zero-order valence-corrected chi connectivity index (χ0v) is 17.2. The Hall–Kier alpha value is -3.56. The van der Waals surface area contributed by atoms with Crippen molar-refractivity contribution >= 4 is 63.0 Å². The SMILES string of the molecule is CC(=O)N(c1ccccc1)c1nc(/C=C/C(=O)Nc2ccc(Cl)c([N+](=O)[O-])c2)cs1. The minimum atomic E-state index is -0.627. The molecule has 2 amide bonds. The van der Waals surface area contributed by atoms with Crippen LogP contribution in [0.3, 0.4) is 0 Å². The average Bonchev–Trinajstić information content (AvgIpc) is 3.17. The molecular formula is C20H15ClN4O4S. The van der Waals surface area contributed by atoms with E-state index in [0.717, 1.165) is 0 Å². The predicted octanol–water partition coefficient (Wildman–Crippen LogP) is 5.04. The van der Waals surface area contributed by atoms with E-state index >= 15 is 0 Å². The molecule has 0 aliphatic carbocycles. The zero-order chi connectivity index (χ0) is 21.7. The maximum absolute atomic E-state index is 12.1. The van der Waals surface area contributed by atoms with E-state index in [1.165, 1.54) is 53.5 Å². The van der Waals surface area contributed by atoms with Crippen molar-refractivity contribution in [2.75, 3.05) is 10.2 Å². The molecule has 10 heteroatoms. The molecule has 8 nitrogen and oxygen atoms in total. The Labute approximate surface area is 180 Å².